The lowest BCUT2D eigenvalue weighted by Gasteiger charge is -2.26. The molecule has 1 aliphatic rings. The first kappa shape index (κ1) is 32.7. The summed E-state index contributed by atoms with van der Waals surface area (Å²) in [5.74, 6) is -1.38. The van der Waals surface area contributed by atoms with Gasteiger partial charge in [0.1, 0.15) is 10.7 Å². The van der Waals surface area contributed by atoms with Gasteiger partial charge >= 0.3 is 6.18 Å². The van der Waals surface area contributed by atoms with Crippen LogP contribution in [0.2, 0.25) is 0 Å². The van der Waals surface area contributed by atoms with E-state index < -0.39 is 49.3 Å². The Kier molecular flexibility index (Phi) is 8.03. The molecule has 0 aliphatic carbocycles. The Bertz CT molecular complexity index is 2320. The van der Waals surface area contributed by atoms with Crippen molar-refractivity contribution in [3.8, 4) is 16.9 Å². The first-order chi connectivity index (χ1) is 22.5. The van der Waals surface area contributed by atoms with E-state index in [1.807, 2.05) is 0 Å². The average Bonchev–Trinajstić information content (AvgIpc) is 3.70. The number of hydrogen-bond donors (Lipinski definition) is 3. The fraction of sp³-hybridized carbons (Fsp3) is 0.100. The number of aliphatic hydroxyl groups is 1. The Labute approximate surface area is 275 Å². The van der Waals surface area contributed by atoms with Gasteiger partial charge < -0.3 is 10.4 Å². The highest BCUT2D eigenvalue weighted by Gasteiger charge is 2.39. The summed E-state index contributed by atoms with van der Waals surface area (Å²) in [6, 6.07) is 18.1. The maximum absolute atomic E-state index is 13.6. The number of nitrogens with zero attached hydrogens (tertiary/aromatic N) is 4. The molecule has 4 N–H and O–H groups in total. The van der Waals surface area contributed by atoms with Gasteiger partial charge in [0, 0.05) is 18.8 Å². The average molecular weight is 715 g/mol. The van der Waals surface area contributed by atoms with E-state index in [9.17, 15) is 39.9 Å². The van der Waals surface area contributed by atoms with Crippen LogP contribution in [0.15, 0.2) is 88.4 Å². The van der Waals surface area contributed by atoms with E-state index in [1.165, 1.54) is 30.5 Å². The summed E-state index contributed by atoms with van der Waals surface area (Å²) in [6.07, 6.45) is -3.00. The molecule has 0 unspecified atom stereocenters. The van der Waals surface area contributed by atoms with Gasteiger partial charge in [-0.25, -0.2) is 31.6 Å². The number of hydrogen-bond acceptors (Lipinski definition) is 9. The van der Waals surface area contributed by atoms with Crippen LogP contribution in [0.5, 0.6) is 0 Å². The third kappa shape index (κ3) is 6.11. The van der Waals surface area contributed by atoms with Crippen molar-refractivity contribution in [3.63, 3.8) is 0 Å². The second kappa shape index (κ2) is 11.8. The summed E-state index contributed by atoms with van der Waals surface area (Å²) in [5, 5.41) is 24.5. The zero-order valence-corrected chi connectivity index (χ0v) is 26.8. The van der Waals surface area contributed by atoms with Crippen LogP contribution in [-0.2, 0) is 37.4 Å². The maximum Gasteiger partial charge on any atom is 0.435 e. The molecule has 0 fully saturated rings. The first-order valence-corrected chi connectivity index (χ1v) is 17.3. The van der Waals surface area contributed by atoms with E-state index in [0.717, 1.165) is 34.7 Å². The monoisotopic (exact) mass is 714 g/mol. The van der Waals surface area contributed by atoms with E-state index in [-0.39, 0.29) is 31.9 Å². The number of nitrogens with one attached hydrogen (secondary N) is 1. The second-order valence-corrected chi connectivity index (χ2v) is 14.7. The first-order valence-electron chi connectivity index (χ1n) is 13.5. The number of sulfonamides is 2. The van der Waals surface area contributed by atoms with Gasteiger partial charge in [-0.15, -0.1) is 0 Å². The van der Waals surface area contributed by atoms with Crippen molar-refractivity contribution in [1.82, 2.24) is 19.1 Å². The molecular weight excluding hydrogens is 694 g/mol. The van der Waals surface area contributed by atoms with Crippen LogP contribution in [0.3, 0.4) is 0 Å². The van der Waals surface area contributed by atoms with Gasteiger partial charge in [-0.3, -0.25) is 9.10 Å². The molecule has 0 radical (unpaired) electrons. The minimum atomic E-state index is -4.74. The Morgan fingerprint density at radius 2 is 1.75 bits per heavy atom. The van der Waals surface area contributed by atoms with Crippen molar-refractivity contribution < 1.29 is 39.9 Å². The van der Waals surface area contributed by atoms with Crippen LogP contribution in [0.25, 0.3) is 22.7 Å². The van der Waals surface area contributed by atoms with E-state index >= 15 is 0 Å². The number of pyridine rings is 1. The zero-order chi connectivity index (χ0) is 34.6. The zero-order valence-electron chi connectivity index (χ0n) is 24.3. The molecule has 6 rings (SSSR count). The van der Waals surface area contributed by atoms with Crippen molar-refractivity contribution in [3.05, 3.63) is 112 Å². The third-order valence-corrected chi connectivity index (χ3v) is 10.8. The Morgan fingerprint density at radius 3 is 2.40 bits per heavy atom. The molecule has 5 aromatic rings. The number of likely N-dealkylation sites (N-methyl/N-ethyl adjacent to an activating group) is 1. The number of nitrogens with two attached hydrogens (primary N) is 1. The van der Waals surface area contributed by atoms with Gasteiger partial charge in [0.05, 0.1) is 16.3 Å². The number of carbonyl (C=O) groups excluding carboxylic acids is 1. The normalized spacial score (nSPS) is 14.4. The predicted molar refractivity (Wildman–Crippen MR) is 168 cm³/mol. The molecule has 1 aliphatic heterocycles. The minimum Gasteiger partial charge on any atom is -0.504 e. The molecule has 18 heteroatoms. The number of carbonyl (C=O) groups is 1. The number of benzene rings is 2. The second-order valence-electron chi connectivity index (χ2n) is 10.4. The molecule has 0 saturated heterocycles. The highest BCUT2D eigenvalue weighted by molar-refractivity contribution is 7.89. The Hall–Kier alpha value is -5.22. The number of rotatable bonds is 7. The van der Waals surface area contributed by atoms with Crippen LogP contribution >= 0.6 is 11.3 Å². The third-order valence-electron chi connectivity index (χ3n) is 7.25. The molecule has 0 atom stereocenters. The molecule has 4 heterocycles. The molecule has 246 valence electrons. The van der Waals surface area contributed by atoms with E-state index in [2.05, 4.69) is 26.8 Å². The summed E-state index contributed by atoms with van der Waals surface area (Å²) in [6.45, 7) is 0. The number of primary sulfonamides is 1. The fourth-order valence-electron chi connectivity index (χ4n) is 4.88. The van der Waals surface area contributed by atoms with Crippen molar-refractivity contribution in [2.75, 3.05) is 12.4 Å². The molecule has 48 heavy (non-hydrogen) atoms. The maximum atomic E-state index is 13.6. The molecule has 0 spiro atoms. The van der Waals surface area contributed by atoms with Gasteiger partial charge in [0.25, 0.3) is 15.9 Å². The fourth-order valence-corrected chi connectivity index (χ4v) is 7.69. The lowest BCUT2D eigenvalue weighted by atomic mass is 10.0. The largest absolute Gasteiger partial charge is 0.504 e. The Balaban J connectivity index is 1.23. The predicted octanol–water partition coefficient (Wildman–Crippen LogP) is 4.35. The lowest BCUT2D eigenvalue weighted by molar-refractivity contribution is -0.141. The van der Waals surface area contributed by atoms with Crippen LogP contribution < -0.4 is 10.5 Å². The number of aromatic nitrogens is 3. The molecule has 0 bridgehead atoms. The molecular formula is C30H21F3N6O6S3. The quantitative estimate of drug-likeness (QED) is 0.223. The SMILES string of the molecule is CN1C(C(=O)Nc2cc(Cc3ccc(-c4cc(C(F)(F)F)nn4-c4ccc(S(N)(=O)=O)cc4)cc3)ccn2)=C(O)c2sc#cc2S1(=O)=O. The number of alkyl halides is 3. The molecule has 2 aromatic carbocycles. The van der Waals surface area contributed by atoms with Gasteiger partial charge in [0.2, 0.25) is 10.0 Å². The van der Waals surface area contributed by atoms with Gasteiger partial charge in [-0.05, 0) is 71.5 Å². The number of halogens is 3. The van der Waals surface area contributed by atoms with Crippen molar-refractivity contribution in [1.29, 1.82) is 0 Å². The standard InChI is InChI=1S/C30H21F3N6O6S3/c1-38-26(27(40)28-23(11-13-46-28)48(38,44)45)29(41)36-25-15-18(10-12-35-25)14-17-2-4-19(5-3-17)22-16-24(30(31,32)33)37-39(22)20-6-8-21(9-7-20)47(34,42)43/h2-10,12,15-16,40H,14H2,1H3,(H2,34,42,43)(H,35,36,41). The minimum absolute atomic E-state index is 0.0546. The highest BCUT2D eigenvalue weighted by Crippen LogP contribution is 2.37. The van der Waals surface area contributed by atoms with Crippen LogP contribution in [0.1, 0.15) is 21.7 Å². The number of amides is 1. The lowest BCUT2D eigenvalue weighted by Crippen LogP contribution is -2.36. The Morgan fingerprint density at radius 1 is 1.06 bits per heavy atom. The van der Waals surface area contributed by atoms with Crippen molar-refractivity contribution >= 4 is 48.9 Å². The molecule has 12 nitrogen and oxygen atoms in total. The van der Waals surface area contributed by atoms with Crippen LogP contribution in [-0.4, -0.2) is 54.0 Å². The number of fused-ring (bicyclic) bond motifs is 1. The summed E-state index contributed by atoms with van der Waals surface area (Å²) < 4.78 is 91.4. The van der Waals surface area contributed by atoms with Gasteiger partial charge in [-0.1, -0.05) is 35.6 Å². The van der Waals surface area contributed by atoms with Crippen LogP contribution in [0.4, 0.5) is 19.0 Å². The summed E-state index contributed by atoms with van der Waals surface area (Å²) in [4.78, 5) is 16.7. The highest BCUT2D eigenvalue weighted by atomic mass is 32.2. The molecule has 0 saturated carbocycles. The smallest absolute Gasteiger partial charge is 0.435 e. The van der Waals surface area contributed by atoms with Crippen LogP contribution in [0, 0.1) is 11.4 Å². The van der Waals surface area contributed by atoms with Gasteiger partial charge in [0.15, 0.2) is 22.0 Å². The van der Waals surface area contributed by atoms with E-state index in [4.69, 9.17) is 5.14 Å². The topological polar surface area (TPSA) is 178 Å². The summed E-state index contributed by atoms with van der Waals surface area (Å²) in [7, 11) is -7.02. The molecule has 3 aromatic heterocycles. The van der Waals surface area contributed by atoms with Crippen molar-refractivity contribution in [2.24, 2.45) is 5.14 Å². The van der Waals surface area contributed by atoms with E-state index in [0.29, 0.717) is 21.9 Å². The molecule has 1 amide bonds. The van der Waals surface area contributed by atoms with Crippen molar-refractivity contribution in [2.45, 2.75) is 22.4 Å². The number of anilines is 1. The van der Waals surface area contributed by atoms with Gasteiger partial charge in [-0.2, -0.15) is 18.3 Å². The summed E-state index contributed by atoms with van der Waals surface area (Å²) >= 11 is 0.803. The summed E-state index contributed by atoms with van der Waals surface area (Å²) in [5.41, 5.74) is 0.460. The van der Waals surface area contributed by atoms with E-state index in [1.54, 1.807) is 36.4 Å². The number of aliphatic hydroxyl groups excluding tert-OH is 1.